The van der Waals surface area contributed by atoms with Crippen LogP contribution >= 0.6 is 0 Å². The maximum Gasteiger partial charge on any atom is 0.245 e. The van der Waals surface area contributed by atoms with Crippen LogP contribution in [0.4, 0.5) is 0 Å². The predicted molar refractivity (Wildman–Crippen MR) is 50.1 cm³/mol. The molecular formula is C9H12N2O3. The van der Waals surface area contributed by atoms with Crippen LogP contribution in [0.3, 0.4) is 0 Å². The molecule has 14 heavy (non-hydrogen) atoms. The third kappa shape index (κ3) is 3.88. The Labute approximate surface area is 81.4 Å². The summed E-state index contributed by atoms with van der Waals surface area (Å²) in [6.45, 7) is 0.297. The van der Waals surface area contributed by atoms with E-state index in [1.54, 1.807) is 24.3 Å². The van der Waals surface area contributed by atoms with Crippen LogP contribution in [0.15, 0.2) is 24.3 Å². The number of hydrogen-bond acceptors (Lipinski definition) is 4. The fourth-order valence-electron chi connectivity index (χ4n) is 0.870. The van der Waals surface area contributed by atoms with Crippen LogP contribution in [0.1, 0.15) is 5.56 Å². The molecule has 0 atom stereocenters. The van der Waals surface area contributed by atoms with Crippen LogP contribution in [0.5, 0.6) is 5.75 Å². The molecule has 4 N–H and O–H groups in total. The number of nitrogens with two attached hydrogens (primary N) is 1. The molecule has 0 spiro atoms. The second-order valence-electron chi connectivity index (χ2n) is 2.74. The van der Waals surface area contributed by atoms with Gasteiger partial charge in [-0.25, -0.2) is 0 Å². The van der Waals surface area contributed by atoms with Crippen LogP contribution in [0.25, 0.3) is 0 Å². The Hall–Kier alpha value is -1.59. The minimum absolute atomic E-state index is 0.155. The molecule has 1 amide bonds. The van der Waals surface area contributed by atoms with Gasteiger partial charge in [-0.1, -0.05) is 12.1 Å². The largest absolute Gasteiger partial charge is 0.508 e. The van der Waals surface area contributed by atoms with E-state index >= 15 is 0 Å². The first-order chi connectivity index (χ1) is 6.68. The van der Waals surface area contributed by atoms with Gasteiger partial charge in [-0.05, 0) is 17.7 Å². The average Bonchev–Trinajstić information content (AvgIpc) is 2.15. The quantitative estimate of drug-likeness (QED) is 0.453. The Bertz CT molecular complexity index is 297. The number of hydroxylamine groups is 1. The van der Waals surface area contributed by atoms with Crippen molar-refractivity contribution >= 4 is 5.91 Å². The summed E-state index contributed by atoms with van der Waals surface area (Å²) in [5, 5.41) is 8.99. The maximum absolute atomic E-state index is 10.3. The Kier molecular flexibility index (Phi) is 3.90. The smallest absolute Gasteiger partial charge is 0.245 e. The van der Waals surface area contributed by atoms with Gasteiger partial charge in [0.05, 0.1) is 0 Å². The summed E-state index contributed by atoms with van der Waals surface area (Å²) in [6.07, 6.45) is 0. The highest BCUT2D eigenvalue weighted by Gasteiger charge is 1.95. The fraction of sp³-hybridized carbons (Fsp3) is 0.222. The number of carbonyl (C=O) groups is 1. The van der Waals surface area contributed by atoms with Gasteiger partial charge in [0, 0.05) is 6.54 Å². The van der Waals surface area contributed by atoms with Gasteiger partial charge in [-0.15, -0.1) is 0 Å². The number of primary amides is 1. The Balaban J connectivity index is 2.25. The van der Waals surface area contributed by atoms with Crippen molar-refractivity contribution in [1.82, 2.24) is 5.48 Å². The van der Waals surface area contributed by atoms with E-state index in [1.807, 2.05) is 0 Å². The molecule has 0 bridgehead atoms. The molecule has 0 saturated carbocycles. The number of phenolic OH excluding ortho intramolecular Hbond substituents is 1. The number of nitrogens with one attached hydrogen (secondary N) is 1. The van der Waals surface area contributed by atoms with Crippen molar-refractivity contribution in [1.29, 1.82) is 0 Å². The lowest BCUT2D eigenvalue weighted by Crippen LogP contribution is -2.24. The lowest BCUT2D eigenvalue weighted by molar-refractivity contribution is -0.125. The lowest BCUT2D eigenvalue weighted by Gasteiger charge is -2.03. The summed E-state index contributed by atoms with van der Waals surface area (Å²) in [5.74, 6) is -0.310. The van der Waals surface area contributed by atoms with Gasteiger partial charge < -0.3 is 10.8 Å². The zero-order valence-corrected chi connectivity index (χ0v) is 7.56. The first-order valence-corrected chi connectivity index (χ1v) is 4.09. The molecule has 5 nitrogen and oxygen atoms in total. The molecule has 0 aliphatic carbocycles. The average molecular weight is 196 g/mol. The highest BCUT2D eigenvalue weighted by Crippen LogP contribution is 2.08. The molecule has 5 heteroatoms. The van der Waals surface area contributed by atoms with E-state index in [1.165, 1.54) is 0 Å². The van der Waals surface area contributed by atoms with Gasteiger partial charge in [-0.3, -0.25) is 9.63 Å². The summed E-state index contributed by atoms with van der Waals surface area (Å²) in [6, 6.07) is 6.64. The van der Waals surface area contributed by atoms with E-state index in [0.29, 0.717) is 6.54 Å². The maximum atomic E-state index is 10.3. The number of phenols is 1. The molecule has 1 rings (SSSR count). The van der Waals surface area contributed by atoms with Crippen molar-refractivity contribution in [3.63, 3.8) is 0 Å². The molecule has 76 valence electrons. The van der Waals surface area contributed by atoms with Crippen LogP contribution < -0.4 is 11.2 Å². The van der Waals surface area contributed by atoms with Crippen molar-refractivity contribution in [2.24, 2.45) is 5.73 Å². The minimum atomic E-state index is -0.525. The van der Waals surface area contributed by atoms with Crippen LogP contribution in [-0.2, 0) is 16.2 Å². The number of benzene rings is 1. The lowest BCUT2D eigenvalue weighted by atomic mass is 10.2. The van der Waals surface area contributed by atoms with Crippen molar-refractivity contribution in [2.45, 2.75) is 6.54 Å². The Morgan fingerprint density at radius 3 is 2.64 bits per heavy atom. The highest BCUT2D eigenvalue weighted by molar-refractivity contribution is 5.74. The second kappa shape index (κ2) is 5.21. The van der Waals surface area contributed by atoms with Gasteiger partial charge in [0.15, 0.2) is 0 Å². The van der Waals surface area contributed by atoms with Crippen molar-refractivity contribution < 1.29 is 14.7 Å². The van der Waals surface area contributed by atoms with E-state index in [2.05, 4.69) is 5.48 Å². The molecule has 0 fully saturated rings. The normalized spacial score (nSPS) is 10.0. The first kappa shape index (κ1) is 10.5. The van der Waals surface area contributed by atoms with Crippen LogP contribution in [0.2, 0.25) is 0 Å². The highest BCUT2D eigenvalue weighted by atomic mass is 16.6. The third-order valence-corrected chi connectivity index (χ3v) is 1.53. The van der Waals surface area contributed by atoms with Crippen molar-refractivity contribution in [3.8, 4) is 5.75 Å². The molecule has 0 aromatic heterocycles. The predicted octanol–water partition coefficient (Wildman–Crippen LogP) is -0.101. The number of hydrogen-bond donors (Lipinski definition) is 3. The molecule has 0 unspecified atom stereocenters. The van der Waals surface area contributed by atoms with E-state index in [9.17, 15) is 4.79 Å². The van der Waals surface area contributed by atoms with Gasteiger partial charge in [-0.2, -0.15) is 5.48 Å². The monoisotopic (exact) mass is 196 g/mol. The van der Waals surface area contributed by atoms with Crippen LogP contribution in [-0.4, -0.2) is 17.6 Å². The number of rotatable bonds is 5. The van der Waals surface area contributed by atoms with Gasteiger partial charge in [0.25, 0.3) is 0 Å². The summed E-state index contributed by atoms with van der Waals surface area (Å²) >= 11 is 0. The zero-order chi connectivity index (χ0) is 10.4. The van der Waals surface area contributed by atoms with Crippen molar-refractivity contribution in [3.05, 3.63) is 29.8 Å². The molecule has 0 saturated heterocycles. The zero-order valence-electron chi connectivity index (χ0n) is 7.56. The second-order valence-corrected chi connectivity index (χ2v) is 2.74. The summed E-state index contributed by atoms with van der Waals surface area (Å²) in [5.41, 5.74) is 8.36. The Morgan fingerprint density at radius 1 is 1.43 bits per heavy atom. The third-order valence-electron chi connectivity index (χ3n) is 1.53. The minimum Gasteiger partial charge on any atom is -0.508 e. The van der Waals surface area contributed by atoms with Gasteiger partial charge >= 0.3 is 0 Å². The fourth-order valence-corrected chi connectivity index (χ4v) is 0.870. The van der Waals surface area contributed by atoms with E-state index in [4.69, 9.17) is 15.7 Å². The Morgan fingerprint density at radius 2 is 2.07 bits per heavy atom. The molecule has 1 aromatic carbocycles. The standard InChI is InChI=1S/C9H12N2O3/c10-9(13)6-14-11-5-7-1-3-8(12)4-2-7/h1-4,11-12H,5-6H2,(H2,10,13). The molecule has 0 aliphatic heterocycles. The molecule has 1 aromatic rings. The molecule has 0 aliphatic rings. The molecule has 0 heterocycles. The summed E-state index contributed by atoms with van der Waals surface area (Å²) in [7, 11) is 0. The molecular weight excluding hydrogens is 184 g/mol. The first-order valence-electron chi connectivity index (χ1n) is 4.09. The topological polar surface area (TPSA) is 84.6 Å². The number of aromatic hydroxyl groups is 1. The summed E-state index contributed by atoms with van der Waals surface area (Å²) in [4.78, 5) is 15.0. The van der Waals surface area contributed by atoms with E-state index in [0.717, 1.165) is 5.56 Å². The number of carbonyl (C=O) groups excluding carboxylic acids is 1. The van der Waals surface area contributed by atoms with E-state index < -0.39 is 5.91 Å². The van der Waals surface area contributed by atoms with Crippen LogP contribution in [0, 0.1) is 0 Å². The SMILES string of the molecule is NC(=O)CONCc1ccc(O)cc1. The van der Waals surface area contributed by atoms with E-state index in [-0.39, 0.29) is 12.4 Å². The van der Waals surface area contributed by atoms with Gasteiger partial charge in [0.1, 0.15) is 12.4 Å². The van der Waals surface area contributed by atoms with Crippen molar-refractivity contribution in [2.75, 3.05) is 6.61 Å². The number of amides is 1. The molecule has 0 radical (unpaired) electrons. The van der Waals surface area contributed by atoms with Gasteiger partial charge in [0.2, 0.25) is 5.91 Å². The summed E-state index contributed by atoms with van der Waals surface area (Å²) < 4.78 is 0.